The number of fused-ring (bicyclic) bond motifs is 1. The predicted octanol–water partition coefficient (Wildman–Crippen LogP) is 5.50. The Morgan fingerprint density at radius 1 is 1.22 bits per heavy atom. The van der Waals surface area contributed by atoms with Gasteiger partial charge in [0.2, 0.25) is 0 Å². The van der Waals surface area contributed by atoms with Crippen LogP contribution in [-0.2, 0) is 17.6 Å². The Labute approximate surface area is 194 Å². The third-order valence-corrected chi connectivity index (χ3v) is 7.81. The lowest BCUT2D eigenvalue weighted by Gasteiger charge is -2.33. The third-order valence-electron chi connectivity index (χ3n) is 6.82. The number of thiazole rings is 1. The second-order valence-corrected chi connectivity index (χ2v) is 10.4. The number of hydrogen-bond donors (Lipinski definition) is 1. The van der Waals surface area contributed by atoms with Gasteiger partial charge in [-0.2, -0.15) is 0 Å². The summed E-state index contributed by atoms with van der Waals surface area (Å²) in [5.74, 6) is 0.779. The second kappa shape index (κ2) is 9.57. The fourth-order valence-corrected chi connectivity index (χ4v) is 5.72. The Hall–Kier alpha value is -2.47. The SMILES string of the molecule is CC(C)C1=CC(c2ccc(F)cc2)=CCN1CC(=O)C(C)C1CCc2nc(N)sc2CC1. The highest BCUT2D eigenvalue weighted by atomic mass is 32.1. The third kappa shape index (κ3) is 4.96. The number of nitrogen functional groups attached to an aromatic ring is 1. The fourth-order valence-electron chi connectivity index (χ4n) is 4.83. The molecule has 2 heterocycles. The van der Waals surface area contributed by atoms with Gasteiger partial charge in [-0.1, -0.05) is 39.0 Å². The van der Waals surface area contributed by atoms with E-state index in [9.17, 15) is 9.18 Å². The maximum atomic E-state index is 13.3. The number of Topliss-reactive ketones (excluding diaryl/α,β-unsaturated/α-hetero) is 1. The van der Waals surface area contributed by atoms with E-state index < -0.39 is 0 Å². The molecule has 2 aliphatic rings. The zero-order valence-electron chi connectivity index (χ0n) is 19.1. The normalized spacial score (nSPS) is 19.8. The van der Waals surface area contributed by atoms with E-state index in [1.807, 2.05) is 12.1 Å². The Balaban J connectivity index is 1.41. The average Bonchev–Trinajstić information content (AvgIpc) is 3.02. The maximum absolute atomic E-state index is 13.3. The van der Waals surface area contributed by atoms with Gasteiger partial charge in [-0.05, 0) is 66.9 Å². The van der Waals surface area contributed by atoms with E-state index in [0.29, 0.717) is 35.8 Å². The van der Waals surface area contributed by atoms with Crippen LogP contribution in [0, 0.1) is 23.6 Å². The van der Waals surface area contributed by atoms with E-state index >= 15 is 0 Å². The van der Waals surface area contributed by atoms with Gasteiger partial charge in [-0.25, -0.2) is 9.37 Å². The molecule has 2 aromatic rings. The molecule has 1 aromatic heterocycles. The number of nitrogens with two attached hydrogens (primary N) is 1. The van der Waals surface area contributed by atoms with Crippen molar-refractivity contribution in [1.29, 1.82) is 0 Å². The summed E-state index contributed by atoms with van der Waals surface area (Å²) in [5, 5.41) is 0.656. The van der Waals surface area contributed by atoms with Crippen molar-refractivity contribution >= 4 is 27.8 Å². The van der Waals surface area contributed by atoms with Crippen LogP contribution < -0.4 is 5.73 Å². The van der Waals surface area contributed by atoms with Gasteiger partial charge in [-0.15, -0.1) is 11.3 Å². The number of nitrogens with zero attached hydrogens (tertiary/aromatic N) is 2. The zero-order chi connectivity index (χ0) is 22.8. The van der Waals surface area contributed by atoms with Crippen molar-refractivity contribution < 1.29 is 9.18 Å². The monoisotopic (exact) mass is 453 g/mol. The van der Waals surface area contributed by atoms with E-state index in [2.05, 4.69) is 42.8 Å². The van der Waals surface area contributed by atoms with Gasteiger partial charge < -0.3 is 10.6 Å². The molecular formula is C26H32FN3OS. The van der Waals surface area contributed by atoms with Crippen LogP contribution >= 0.6 is 11.3 Å². The van der Waals surface area contributed by atoms with Gasteiger partial charge in [0, 0.05) is 23.0 Å². The number of carbonyl (C=O) groups is 1. The van der Waals surface area contributed by atoms with Crippen molar-refractivity contribution in [1.82, 2.24) is 9.88 Å². The Bertz CT molecular complexity index is 1010. The van der Waals surface area contributed by atoms with Gasteiger partial charge in [0.1, 0.15) is 5.82 Å². The van der Waals surface area contributed by atoms with Crippen LogP contribution in [0.15, 0.2) is 42.1 Å². The molecule has 32 heavy (non-hydrogen) atoms. The highest BCUT2D eigenvalue weighted by molar-refractivity contribution is 7.15. The molecule has 170 valence electrons. The molecule has 2 unspecified atom stereocenters. The van der Waals surface area contributed by atoms with Crippen LogP contribution in [0.5, 0.6) is 0 Å². The zero-order valence-corrected chi connectivity index (χ0v) is 19.9. The molecule has 0 amide bonds. The fraction of sp³-hybridized carbons (Fsp3) is 0.462. The summed E-state index contributed by atoms with van der Waals surface area (Å²) in [7, 11) is 0. The lowest BCUT2D eigenvalue weighted by Crippen LogP contribution is -2.37. The molecule has 0 saturated carbocycles. The minimum Gasteiger partial charge on any atom is -0.375 e. The number of halogens is 1. The summed E-state index contributed by atoms with van der Waals surface area (Å²) >= 11 is 1.60. The van der Waals surface area contributed by atoms with Crippen LogP contribution in [0.1, 0.15) is 49.7 Å². The molecule has 0 fully saturated rings. The predicted molar refractivity (Wildman–Crippen MR) is 130 cm³/mol. The maximum Gasteiger partial charge on any atom is 0.180 e. The smallest absolute Gasteiger partial charge is 0.180 e. The van der Waals surface area contributed by atoms with Crippen molar-refractivity contribution in [2.45, 2.75) is 46.5 Å². The highest BCUT2D eigenvalue weighted by Crippen LogP contribution is 2.34. The molecule has 0 bridgehead atoms. The number of aromatic nitrogens is 1. The first-order chi connectivity index (χ1) is 15.3. The molecule has 2 atom stereocenters. The Morgan fingerprint density at radius 2 is 1.94 bits per heavy atom. The summed E-state index contributed by atoms with van der Waals surface area (Å²) in [6, 6.07) is 6.61. The van der Waals surface area contributed by atoms with Crippen LogP contribution in [-0.4, -0.2) is 28.8 Å². The summed E-state index contributed by atoms with van der Waals surface area (Å²) in [4.78, 5) is 21.3. The first kappa shape index (κ1) is 22.7. The highest BCUT2D eigenvalue weighted by Gasteiger charge is 2.29. The second-order valence-electron chi connectivity index (χ2n) is 9.29. The van der Waals surface area contributed by atoms with Crippen LogP contribution in [0.3, 0.4) is 0 Å². The van der Waals surface area contributed by atoms with Crippen molar-refractivity contribution in [3.63, 3.8) is 0 Å². The summed E-state index contributed by atoms with van der Waals surface area (Å²) in [6.07, 6.45) is 8.18. The van der Waals surface area contributed by atoms with E-state index in [4.69, 9.17) is 5.73 Å². The molecule has 0 spiro atoms. The average molecular weight is 454 g/mol. The number of ketones is 1. The lowest BCUT2D eigenvalue weighted by molar-refractivity contribution is -0.124. The number of anilines is 1. The molecule has 1 aliphatic heterocycles. The quantitative estimate of drug-likeness (QED) is 0.587. The molecule has 1 aliphatic carbocycles. The molecule has 4 rings (SSSR count). The van der Waals surface area contributed by atoms with Crippen LogP contribution in [0.4, 0.5) is 9.52 Å². The molecule has 2 N–H and O–H groups in total. The molecule has 0 radical (unpaired) electrons. The topological polar surface area (TPSA) is 59.2 Å². The summed E-state index contributed by atoms with van der Waals surface area (Å²) < 4.78 is 13.3. The van der Waals surface area contributed by atoms with Gasteiger partial charge >= 0.3 is 0 Å². The summed E-state index contributed by atoms with van der Waals surface area (Å²) in [5.41, 5.74) is 10.3. The van der Waals surface area contributed by atoms with Crippen molar-refractivity contribution in [3.8, 4) is 0 Å². The Kier molecular flexibility index (Phi) is 6.79. The van der Waals surface area contributed by atoms with Crippen molar-refractivity contribution in [2.24, 2.45) is 17.8 Å². The minimum atomic E-state index is -0.229. The molecule has 1 aromatic carbocycles. The molecular weight excluding hydrogens is 421 g/mol. The molecule has 6 heteroatoms. The van der Waals surface area contributed by atoms with Gasteiger partial charge in [-0.3, -0.25) is 4.79 Å². The molecule has 4 nitrogen and oxygen atoms in total. The number of rotatable bonds is 6. The first-order valence-corrected chi connectivity index (χ1v) is 12.3. The van der Waals surface area contributed by atoms with E-state index in [-0.39, 0.29) is 11.7 Å². The van der Waals surface area contributed by atoms with E-state index in [1.165, 1.54) is 17.0 Å². The van der Waals surface area contributed by atoms with Gasteiger partial charge in [0.05, 0.1) is 12.2 Å². The molecule has 0 saturated heterocycles. The van der Waals surface area contributed by atoms with Gasteiger partial charge in [0.15, 0.2) is 10.9 Å². The van der Waals surface area contributed by atoms with Gasteiger partial charge in [0.25, 0.3) is 0 Å². The summed E-state index contributed by atoms with van der Waals surface area (Å²) in [6.45, 7) is 7.53. The van der Waals surface area contributed by atoms with Crippen LogP contribution in [0.2, 0.25) is 0 Å². The number of hydrogen-bond acceptors (Lipinski definition) is 5. The van der Waals surface area contributed by atoms with Crippen molar-refractivity contribution in [2.75, 3.05) is 18.8 Å². The largest absolute Gasteiger partial charge is 0.375 e. The minimum absolute atomic E-state index is 0.0252. The first-order valence-electron chi connectivity index (χ1n) is 11.5. The lowest BCUT2D eigenvalue weighted by atomic mass is 9.84. The van der Waals surface area contributed by atoms with E-state index in [1.54, 1.807) is 11.3 Å². The number of benzene rings is 1. The van der Waals surface area contributed by atoms with Crippen molar-refractivity contribution in [3.05, 3.63) is 64.1 Å². The Morgan fingerprint density at radius 3 is 2.66 bits per heavy atom. The standard InChI is InChI=1S/C26H32FN3OS/c1-16(2)23-14-20(19-4-8-21(27)9-5-19)12-13-30(23)15-24(31)17(3)18-6-10-22-25(11-7-18)32-26(28)29-22/h4-5,8-9,12,14,16-18H,6-7,10-11,13,15H2,1-3H3,(H2,28,29). The number of carbonyl (C=O) groups excluding carboxylic acids is 1. The number of aryl methyl sites for hydroxylation is 2. The van der Waals surface area contributed by atoms with E-state index in [0.717, 1.165) is 48.2 Å². The number of allylic oxidation sites excluding steroid dienone is 3. The van der Waals surface area contributed by atoms with Crippen LogP contribution in [0.25, 0.3) is 5.57 Å².